The van der Waals surface area contributed by atoms with Gasteiger partial charge >= 0.3 is 0 Å². The maximum atomic E-state index is 14.1. The summed E-state index contributed by atoms with van der Waals surface area (Å²) in [6.07, 6.45) is 3.23. The minimum Gasteiger partial charge on any atom is -0.389 e. The van der Waals surface area contributed by atoms with E-state index in [-0.39, 0.29) is 5.82 Å². The van der Waals surface area contributed by atoms with Crippen LogP contribution in [0.1, 0.15) is 44.8 Å². The summed E-state index contributed by atoms with van der Waals surface area (Å²) >= 11 is 0. The molecule has 0 aliphatic heterocycles. The van der Waals surface area contributed by atoms with Crippen molar-refractivity contribution in [2.24, 2.45) is 5.92 Å². The van der Waals surface area contributed by atoms with Gasteiger partial charge in [-0.3, -0.25) is 0 Å². The lowest BCUT2D eigenvalue weighted by Gasteiger charge is -2.33. The maximum Gasteiger partial charge on any atom is 0.146 e. The lowest BCUT2D eigenvalue weighted by Crippen LogP contribution is -2.33. The van der Waals surface area contributed by atoms with Crippen LogP contribution in [0.4, 0.5) is 10.1 Å². The highest BCUT2D eigenvalue weighted by Gasteiger charge is 2.21. The molecule has 100 valence electrons. The van der Waals surface area contributed by atoms with Crippen molar-refractivity contribution in [3.8, 4) is 0 Å². The Kier molecular flexibility index (Phi) is 4.23. The van der Waals surface area contributed by atoms with E-state index < -0.39 is 6.10 Å². The molecule has 0 radical (unpaired) electrons. The highest BCUT2D eigenvalue weighted by molar-refractivity contribution is 5.49. The minimum absolute atomic E-state index is 0.227. The Balaban J connectivity index is 2.14. The molecule has 1 fully saturated rings. The molecule has 0 spiro atoms. The zero-order valence-corrected chi connectivity index (χ0v) is 11.2. The molecule has 0 unspecified atom stereocenters. The fraction of sp³-hybridized carbons (Fsp3) is 0.600. The lowest BCUT2D eigenvalue weighted by atomic mass is 9.85. The van der Waals surface area contributed by atoms with Crippen LogP contribution in [0.5, 0.6) is 0 Å². The standard InChI is InChI=1S/C15H22FNO/c1-3-17(10-12-5-4-6-12)15-8-7-13(11(2)18)9-14(15)16/h7-9,11-12,18H,3-6,10H2,1-2H3/t11-/m0/s1. The molecule has 0 bridgehead atoms. The molecule has 1 N–H and O–H groups in total. The third-order valence-corrected chi connectivity index (χ3v) is 3.88. The van der Waals surface area contributed by atoms with Crippen molar-refractivity contribution in [2.45, 2.75) is 39.2 Å². The van der Waals surface area contributed by atoms with Gasteiger partial charge in [-0.15, -0.1) is 0 Å². The van der Waals surface area contributed by atoms with E-state index in [4.69, 9.17) is 0 Å². The lowest BCUT2D eigenvalue weighted by molar-refractivity contribution is 0.199. The molecular formula is C15H22FNO. The zero-order valence-electron chi connectivity index (χ0n) is 11.2. The number of anilines is 1. The van der Waals surface area contributed by atoms with E-state index in [1.54, 1.807) is 13.0 Å². The molecule has 1 saturated carbocycles. The first-order valence-electron chi connectivity index (χ1n) is 6.84. The maximum absolute atomic E-state index is 14.1. The molecule has 1 aliphatic rings. The van der Waals surface area contributed by atoms with Crippen molar-refractivity contribution in [1.82, 2.24) is 0 Å². The van der Waals surface area contributed by atoms with Crippen molar-refractivity contribution < 1.29 is 9.50 Å². The Morgan fingerprint density at radius 1 is 1.44 bits per heavy atom. The van der Waals surface area contributed by atoms with Gasteiger partial charge in [0.05, 0.1) is 11.8 Å². The number of aliphatic hydroxyl groups is 1. The second kappa shape index (κ2) is 5.70. The number of aliphatic hydroxyl groups excluding tert-OH is 1. The Bertz CT molecular complexity index is 401. The van der Waals surface area contributed by atoms with Crippen molar-refractivity contribution in [3.05, 3.63) is 29.6 Å². The third-order valence-electron chi connectivity index (χ3n) is 3.88. The van der Waals surface area contributed by atoms with Gasteiger partial charge in [0.1, 0.15) is 5.82 Å². The topological polar surface area (TPSA) is 23.5 Å². The molecule has 1 aromatic rings. The van der Waals surface area contributed by atoms with Crippen molar-refractivity contribution in [1.29, 1.82) is 0 Å². The molecule has 1 aromatic carbocycles. The van der Waals surface area contributed by atoms with Gasteiger partial charge in [0.15, 0.2) is 0 Å². The summed E-state index contributed by atoms with van der Waals surface area (Å²) in [6, 6.07) is 5.05. The third kappa shape index (κ3) is 2.83. The Labute approximate surface area is 108 Å². The van der Waals surface area contributed by atoms with E-state index >= 15 is 0 Å². The van der Waals surface area contributed by atoms with Crippen LogP contribution in [-0.2, 0) is 0 Å². The normalized spacial score (nSPS) is 17.3. The zero-order chi connectivity index (χ0) is 13.1. The summed E-state index contributed by atoms with van der Waals surface area (Å²) in [5.41, 5.74) is 1.30. The van der Waals surface area contributed by atoms with E-state index in [9.17, 15) is 9.50 Å². The van der Waals surface area contributed by atoms with Gasteiger partial charge in [0.2, 0.25) is 0 Å². The molecule has 1 atom stereocenters. The second-order valence-electron chi connectivity index (χ2n) is 5.22. The monoisotopic (exact) mass is 251 g/mol. The summed E-state index contributed by atoms with van der Waals surface area (Å²) in [7, 11) is 0. The molecular weight excluding hydrogens is 229 g/mol. The Morgan fingerprint density at radius 2 is 2.17 bits per heavy atom. The van der Waals surface area contributed by atoms with Crippen LogP contribution in [0.3, 0.4) is 0 Å². The first kappa shape index (κ1) is 13.3. The molecule has 1 aliphatic carbocycles. The highest BCUT2D eigenvalue weighted by Crippen LogP contribution is 2.30. The summed E-state index contributed by atoms with van der Waals surface area (Å²) in [6.45, 7) is 5.48. The first-order chi connectivity index (χ1) is 8.61. The largest absolute Gasteiger partial charge is 0.389 e. The predicted octanol–water partition coefficient (Wildman–Crippen LogP) is 3.51. The molecule has 3 heteroatoms. The molecule has 0 aromatic heterocycles. The molecule has 0 heterocycles. The van der Waals surface area contributed by atoms with Crippen LogP contribution in [0.15, 0.2) is 18.2 Å². The van der Waals surface area contributed by atoms with Gasteiger partial charge < -0.3 is 10.0 Å². The Hall–Kier alpha value is -1.09. The fourth-order valence-electron chi connectivity index (χ4n) is 2.42. The van der Waals surface area contributed by atoms with E-state index in [1.807, 2.05) is 6.07 Å². The van der Waals surface area contributed by atoms with E-state index in [1.165, 1.54) is 25.3 Å². The quantitative estimate of drug-likeness (QED) is 0.865. The van der Waals surface area contributed by atoms with Crippen LogP contribution in [-0.4, -0.2) is 18.2 Å². The van der Waals surface area contributed by atoms with Crippen molar-refractivity contribution >= 4 is 5.69 Å². The number of hydrogen-bond donors (Lipinski definition) is 1. The Morgan fingerprint density at radius 3 is 2.61 bits per heavy atom. The second-order valence-corrected chi connectivity index (χ2v) is 5.22. The number of hydrogen-bond acceptors (Lipinski definition) is 2. The number of nitrogens with zero attached hydrogens (tertiary/aromatic N) is 1. The molecule has 18 heavy (non-hydrogen) atoms. The van der Waals surface area contributed by atoms with E-state index in [0.29, 0.717) is 11.3 Å². The fourth-order valence-corrected chi connectivity index (χ4v) is 2.42. The van der Waals surface area contributed by atoms with Crippen LogP contribution >= 0.6 is 0 Å². The molecule has 2 rings (SSSR count). The van der Waals surface area contributed by atoms with Gasteiger partial charge in [0, 0.05) is 13.1 Å². The number of benzene rings is 1. The smallest absolute Gasteiger partial charge is 0.146 e. The van der Waals surface area contributed by atoms with Gasteiger partial charge in [0.25, 0.3) is 0 Å². The average molecular weight is 251 g/mol. The SMILES string of the molecule is CCN(CC1CCC1)c1ccc([C@H](C)O)cc1F. The number of rotatable bonds is 5. The van der Waals surface area contributed by atoms with Gasteiger partial charge in [-0.1, -0.05) is 12.5 Å². The van der Waals surface area contributed by atoms with Gasteiger partial charge in [-0.2, -0.15) is 0 Å². The van der Waals surface area contributed by atoms with Crippen LogP contribution < -0.4 is 4.90 Å². The summed E-state index contributed by atoms with van der Waals surface area (Å²) in [5, 5.41) is 9.45. The van der Waals surface area contributed by atoms with Crippen molar-refractivity contribution in [2.75, 3.05) is 18.0 Å². The highest BCUT2D eigenvalue weighted by atomic mass is 19.1. The predicted molar refractivity (Wildman–Crippen MR) is 72.3 cm³/mol. The minimum atomic E-state index is -0.616. The number of halogens is 1. The van der Waals surface area contributed by atoms with Crippen LogP contribution in [0, 0.1) is 11.7 Å². The molecule has 0 amide bonds. The molecule has 2 nitrogen and oxygen atoms in total. The molecule has 0 saturated heterocycles. The van der Waals surface area contributed by atoms with E-state index in [2.05, 4.69) is 11.8 Å². The first-order valence-corrected chi connectivity index (χ1v) is 6.84. The summed E-state index contributed by atoms with van der Waals surface area (Å²) < 4.78 is 14.1. The van der Waals surface area contributed by atoms with Gasteiger partial charge in [-0.05, 0) is 50.3 Å². The van der Waals surface area contributed by atoms with Crippen LogP contribution in [0.25, 0.3) is 0 Å². The summed E-state index contributed by atoms with van der Waals surface area (Å²) in [4.78, 5) is 2.10. The van der Waals surface area contributed by atoms with Crippen molar-refractivity contribution in [3.63, 3.8) is 0 Å². The van der Waals surface area contributed by atoms with Gasteiger partial charge in [-0.25, -0.2) is 4.39 Å². The average Bonchev–Trinajstić information content (AvgIpc) is 2.29. The summed E-state index contributed by atoms with van der Waals surface area (Å²) in [5.74, 6) is 0.496. The van der Waals surface area contributed by atoms with E-state index in [0.717, 1.165) is 19.0 Å². The van der Waals surface area contributed by atoms with Crippen LogP contribution in [0.2, 0.25) is 0 Å².